The highest BCUT2D eigenvalue weighted by Crippen LogP contribution is 2.33. The number of nitrogens with one attached hydrogen (secondary N) is 1. The van der Waals surface area contributed by atoms with Crippen LogP contribution in [0.5, 0.6) is 0 Å². The van der Waals surface area contributed by atoms with Gasteiger partial charge < -0.3 is 5.32 Å². The molecule has 0 amide bonds. The second-order valence-electron chi connectivity index (χ2n) is 4.41. The normalized spacial score (nSPS) is 12.6. The molecule has 0 saturated carbocycles. The van der Waals surface area contributed by atoms with E-state index < -0.39 is 11.7 Å². The Bertz CT molecular complexity index is 402. The maximum Gasteiger partial charge on any atom is 0.417 e. The Labute approximate surface area is 103 Å². The predicted molar refractivity (Wildman–Crippen MR) is 62.2 cm³/mol. The van der Waals surface area contributed by atoms with E-state index in [1.807, 2.05) is 20.8 Å². The summed E-state index contributed by atoms with van der Waals surface area (Å²) in [6.07, 6.45) is -2.85. The number of alkyl halides is 3. The molecule has 1 aromatic rings. The molecule has 1 aromatic heterocycles. The first-order chi connectivity index (χ1) is 7.65. The molecule has 1 rings (SSSR count). The Morgan fingerprint density at radius 2 is 1.94 bits per heavy atom. The summed E-state index contributed by atoms with van der Waals surface area (Å²) in [4.78, 5) is 3.71. The summed E-state index contributed by atoms with van der Waals surface area (Å²) in [5.74, 6) is 0.270. The fourth-order valence-electron chi connectivity index (χ4n) is 1.09. The van der Waals surface area contributed by atoms with E-state index in [0.29, 0.717) is 0 Å². The molecule has 0 aromatic carbocycles. The summed E-state index contributed by atoms with van der Waals surface area (Å²) in [6.45, 7) is 5.80. The lowest BCUT2D eigenvalue weighted by atomic mass is 10.0. The Hall–Kier alpha value is -0.970. The maximum absolute atomic E-state index is 12.4. The number of hydrogen-bond donors (Lipinski definition) is 1. The zero-order valence-corrected chi connectivity index (χ0v) is 10.6. The molecule has 0 aliphatic heterocycles. The van der Waals surface area contributed by atoms with Gasteiger partial charge in [0.2, 0.25) is 0 Å². The fraction of sp³-hybridized carbons (Fsp3) is 0.545. The molecule has 0 fully saturated rings. The van der Waals surface area contributed by atoms with Gasteiger partial charge in [-0.3, -0.25) is 0 Å². The van der Waals surface area contributed by atoms with Gasteiger partial charge in [-0.05, 0) is 26.3 Å². The van der Waals surface area contributed by atoms with Crippen molar-refractivity contribution in [1.82, 2.24) is 4.98 Å². The molecule has 0 bridgehead atoms. The monoisotopic (exact) mass is 266 g/mol. The largest absolute Gasteiger partial charge is 0.417 e. The van der Waals surface area contributed by atoms with Gasteiger partial charge >= 0.3 is 6.18 Å². The van der Waals surface area contributed by atoms with Crippen LogP contribution in [0.2, 0.25) is 5.02 Å². The van der Waals surface area contributed by atoms with Crippen LogP contribution in [0.25, 0.3) is 0 Å². The lowest BCUT2D eigenvalue weighted by Crippen LogP contribution is -2.30. The molecule has 0 radical (unpaired) electrons. The summed E-state index contributed by atoms with van der Waals surface area (Å²) in [6, 6.07) is 0.878. The Balaban J connectivity index is 2.99. The minimum atomic E-state index is -4.42. The van der Waals surface area contributed by atoms with Crippen molar-refractivity contribution in [2.45, 2.75) is 38.9 Å². The fourth-order valence-corrected chi connectivity index (χ4v) is 1.31. The molecule has 1 heterocycles. The van der Waals surface area contributed by atoms with Crippen molar-refractivity contribution >= 4 is 17.4 Å². The number of nitrogens with zero attached hydrogens (tertiary/aromatic N) is 1. The Morgan fingerprint density at radius 3 is 2.35 bits per heavy atom. The second-order valence-corrected chi connectivity index (χ2v) is 4.82. The summed E-state index contributed by atoms with van der Waals surface area (Å²) in [5, 5.41) is 2.98. The van der Waals surface area contributed by atoms with Crippen LogP contribution in [0.4, 0.5) is 19.0 Å². The smallest absolute Gasteiger partial charge is 0.364 e. The molecule has 2 nitrogen and oxygen atoms in total. The van der Waals surface area contributed by atoms with Gasteiger partial charge in [-0.2, -0.15) is 13.2 Å². The van der Waals surface area contributed by atoms with E-state index in [-0.39, 0.29) is 16.4 Å². The molecule has 17 heavy (non-hydrogen) atoms. The van der Waals surface area contributed by atoms with Crippen LogP contribution in [0, 0.1) is 0 Å². The van der Waals surface area contributed by atoms with Crippen LogP contribution in [0.3, 0.4) is 0 Å². The van der Waals surface area contributed by atoms with Crippen LogP contribution in [0.15, 0.2) is 12.3 Å². The van der Waals surface area contributed by atoms with Crippen LogP contribution >= 0.6 is 11.6 Å². The molecule has 0 aliphatic rings. The lowest BCUT2D eigenvalue weighted by molar-refractivity contribution is -0.137. The van der Waals surface area contributed by atoms with Crippen LogP contribution in [-0.2, 0) is 6.18 Å². The number of aromatic nitrogens is 1. The van der Waals surface area contributed by atoms with Gasteiger partial charge in [0.1, 0.15) is 5.82 Å². The van der Waals surface area contributed by atoms with Crippen molar-refractivity contribution in [1.29, 1.82) is 0 Å². The van der Waals surface area contributed by atoms with Crippen molar-refractivity contribution < 1.29 is 13.2 Å². The van der Waals surface area contributed by atoms with E-state index >= 15 is 0 Å². The van der Waals surface area contributed by atoms with Crippen molar-refractivity contribution in [3.05, 3.63) is 22.8 Å². The molecular formula is C11H14ClF3N2. The molecule has 0 spiro atoms. The van der Waals surface area contributed by atoms with Crippen molar-refractivity contribution in [3.63, 3.8) is 0 Å². The number of pyridine rings is 1. The summed E-state index contributed by atoms with van der Waals surface area (Å²) < 4.78 is 37.2. The number of hydrogen-bond acceptors (Lipinski definition) is 2. The molecule has 0 atom stereocenters. The van der Waals surface area contributed by atoms with Crippen LogP contribution in [0.1, 0.15) is 32.8 Å². The van der Waals surface area contributed by atoms with E-state index in [2.05, 4.69) is 10.3 Å². The third-order valence-electron chi connectivity index (χ3n) is 2.51. The molecule has 6 heteroatoms. The maximum atomic E-state index is 12.4. The van der Waals surface area contributed by atoms with Crippen molar-refractivity contribution in [2.24, 2.45) is 0 Å². The minimum Gasteiger partial charge on any atom is -0.364 e. The van der Waals surface area contributed by atoms with Gasteiger partial charge in [-0.1, -0.05) is 18.5 Å². The van der Waals surface area contributed by atoms with Gasteiger partial charge in [0.15, 0.2) is 0 Å². The molecule has 1 N–H and O–H groups in total. The minimum absolute atomic E-state index is 0.0265. The number of rotatable bonds is 3. The highest BCUT2D eigenvalue weighted by Gasteiger charge is 2.31. The lowest BCUT2D eigenvalue weighted by Gasteiger charge is -2.25. The number of halogens is 4. The van der Waals surface area contributed by atoms with Gasteiger partial charge in [0, 0.05) is 11.7 Å². The third-order valence-corrected chi connectivity index (χ3v) is 2.80. The molecule has 96 valence electrons. The average molecular weight is 267 g/mol. The van der Waals surface area contributed by atoms with E-state index in [9.17, 15) is 13.2 Å². The molecule has 0 saturated heterocycles. The van der Waals surface area contributed by atoms with Gasteiger partial charge in [-0.25, -0.2) is 4.98 Å². The predicted octanol–water partition coefficient (Wildman–Crippen LogP) is 4.35. The number of anilines is 1. The summed E-state index contributed by atoms with van der Waals surface area (Å²) >= 11 is 5.77. The van der Waals surface area contributed by atoms with Crippen LogP contribution < -0.4 is 5.32 Å². The van der Waals surface area contributed by atoms with E-state index in [4.69, 9.17) is 11.6 Å². The summed E-state index contributed by atoms with van der Waals surface area (Å²) in [7, 11) is 0. The van der Waals surface area contributed by atoms with Crippen molar-refractivity contribution in [2.75, 3.05) is 5.32 Å². The first kappa shape index (κ1) is 14.1. The standard InChI is InChI=1S/C11H14ClF3N2/c1-4-10(2,3)17-9-8(12)5-7(6-16-9)11(13,14)15/h5-6H,4H2,1-3H3,(H,16,17). The first-order valence-corrected chi connectivity index (χ1v) is 5.54. The third kappa shape index (κ3) is 3.77. The van der Waals surface area contributed by atoms with E-state index in [1.165, 1.54) is 0 Å². The molecule has 0 aliphatic carbocycles. The second kappa shape index (κ2) is 4.72. The van der Waals surface area contributed by atoms with E-state index in [0.717, 1.165) is 18.7 Å². The Kier molecular flexibility index (Phi) is 3.91. The summed E-state index contributed by atoms with van der Waals surface area (Å²) in [5.41, 5.74) is -1.11. The first-order valence-electron chi connectivity index (χ1n) is 5.16. The quantitative estimate of drug-likeness (QED) is 0.879. The zero-order valence-electron chi connectivity index (χ0n) is 9.82. The van der Waals surface area contributed by atoms with Crippen LogP contribution in [-0.4, -0.2) is 10.5 Å². The van der Waals surface area contributed by atoms with Gasteiger partial charge in [-0.15, -0.1) is 0 Å². The van der Waals surface area contributed by atoms with Crippen molar-refractivity contribution in [3.8, 4) is 0 Å². The molecule has 0 unspecified atom stereocenters. The Morgan fingerprint density at radius 1 is 1.35 bits per heavy atom. The topological polar surface area (TPSA) is 24.9 Å². The average Bonchev–Trinajstić information content (AvgIpc) is 2.19. The zero-order chi connectivity index (χ0) is 13.3. The molecular weight excluding hydrogens is 253 g/mol. The van der Waals surface area contributed by atoms with E-state index in [1.54, 1.807) is 0 Å². The SMILES string of the molecule is CCC(C)(C)Nc1ncc(C(F)(F)F)cc1Cl. The highest BCUT2D eigenvalue weighted by molar-refractivity contribution is 6.33. The van der Waals surface area contributed by atoms with Gasteiger partial charge in [0.05, 0.1) is 10.6 Å². The van der Waals surface area contributed by atoms with Gasteiger partial charge in [0.25, 0.3) is 0 Å². The highest BCUT2D eigenvalue weighted by atomic mass is 35.5.